The fourth-order valence-electron chi connectivity index (χ4n) is 2.30. The third-order valence-corrected chi connectivity index (χ3v) is 3.85. The van der Waals surface area contributed by atoms with E-state index in [1.807, 2.05) is 6.07 Å². The summed E-state index contributed by atoms with van der Waals surface area (Å²) >= 11 is 6.16. The molecule has 3 nitrogen and oxygen atoms in total. The molecule has 1 aliphatic rings. The topological polar surface area (TPSA) is 55.5 Å². The molecule has 88 valence electrons. The molecule has 0 amide bonds. The summed E-state index contributed by atoms with van der Waals surface area (Å²) in [6.07, 6.45) is 3.28. The van der Waals surface area contributed by atoms with Crippen LogP contribution in [0.3, 0.4) is 0 Å². The van der Waals surface area contributed by atoms with Crippen molar-refractivity contribution in [3.8, 4) is 11.5 Å². The number of methoxy groups -OCH3 is 1. The molecule has 0 radical (unpaired) electrons. The molecule has 0 atom stereocenters. The monoisotopic (exact) mass is 241 g/mol. The van der Waals surface area contributed by atoms with E-state index >= 15 is 0 Å². The van der Waals surface area contributed by atoms with Gasteiger partial charge in [0.15, 0.2) is 11.5 Å². The van der Waals surface area contributed by atoms with Gasteiger partial charge < -0.3 is 15.6 Å². The minimum atomic E-state index is -0.0158. The number of ether oxygens (including phenoxy) is 1. The molecule has 0 saturated heterocycles. The van der Waals surface area contributed by atoms with E-state index < -0.39 is 0 Å². The maximum absolute atomic E-state index is 9.60. The van der Waals surface area contributed by atoms with E-state index in [0.29, 0.717) is 17.3 Å². The molecule has 3 N–H and O–H groups in total. The molecule has 2 rings (SSSR count). The lowest BCUT2D eigenvalue weighted by atomic mass is 9.64. The fourth-order valence-corrected chi connectivity index (χ4v) is 2.66. The van der Waals surface area contributed by atoms with Crippen molar-refractivity contribution in [3.63, 3.8) is 0 Å². The maximum atomic E-state index is 9.60. The van der Waals surface area contributed by atoms with Crippen LogP contribution >= 0.6 is 11.6 Å². The number of nitrogens with two attached hydrogens (primary N) is 1. The Morgan fingerprint density at radius 1 is 1.50 bits per heavy atom. The molecule has 0 aliphatic heterocycles. The zero-order valence-electron chi connectivity index (χ0n) is 9.29. The van der Waals surface area contributed by atoms with Gasteiger partial charge in [-0.3, -0.25) is 0 Å². The van der Waals surface area contributed by atoms with Crippen LogP contribution in [-0.2, 0) is 5.41 Å². The summed E-state index contributed by atoms with van der Waals surface area (Å²) < 4.78 is 5.10. The van der Waals surface area contributed by atoms with Gasteiger partial charge in [0, 0.05) is 23.0 Å². The summed E-state index contributed by atoms with van der Waals surface area (Å²) in [7, 11) is 1.53. The van der Waals surface area contributed by atoms with Gasteiger partial charge in [0.05, 0.1) is 7.11 Å². The quantitative estimate of drug-likeness (QED) is 0.855. The first-order chi connectivity index (χ1) is 7.63. The highest BCUT2D eigenvalue weighted by molar-refractivity contribution is 6.31. The summed E-state index contributed by atoms with van der Waals surface area (Å²) in [6, 6.07) is 3.34. The van der Waals surface area contributed by atoms with Crippen LogP contribution in [0.25, 0.3) is 0 Å². The Kier molecular flexibility index (Phi) is 3.00. The molecule has 0 heterocycles. The number of phenols is 1. The summed E-state index contributed by atoms with van der Waals surface area (Å²) in [6.45, 7) is 0.584. The SMILES string of the molecule is COc1cc(C2(CN)CCC2)c(Cl)cc1O. The molecule has 0 aromatic heterocycles. The fraction of sp³-hybridized carbons (Fsp3) is 0.500. The minimum absolute atomic E-state index is 0.0158. The summed E-state index contributed by atoms with van der Waals surface area (Å²) in [5, 5.41) is 10.2. The molecular weight excluding hydrogens is 226 g/mol. The number of halogens is 1. The van der Waals surface area contributed by atoms with Gasteiger partial charge in [0.25, 0.3) is 0 Å². The van der Waals surface area contributed by atoms with Crippen LogP contribution in [0.5, 0.6) is 11.5 Å². The van der Waals surface area contributed by atoms with Crippen molar-refractivity contribution in [2.24, 2.45) is 5.73 Å². The number of aromatic hydroxyl groups is 1. The summed E-state index contributed by atoms with van der Waals surface area (Å²) in [4.78, 5) is 0. The van der Waals surface area contributed by atoms with E-state index in [4.69, 9.17) is 22.1 Å². The lowest BCUT2D eigenvalue weighted by Crippen LogP contribution is -2.41. The van der Waals surface area contributed by atoms with Crippen LogP contribution in [-0.4, -0.2) is 18.8 Å². The molecule has 1 fully saturated rings. The second-order valence-electron chi connectivity index (χ2n) is 4.34. The van der Waals surface area contributed by atoms with Crippen molar-refractivity contribution in [2.45, 2.75) is 24.7 Å². The van der Waals surface area contributed by atoms with Gasteiger partial charge in [-0.2, -0.15) is 0 Å². The van der Waals surface area contributed by atoms with Crippen molar-refractivity contribution >= 4 is 11.6 Å². The molecule has 1 aromatic rings. The predicted octanol–water partition coefficient (Wildman–Crippen LogP) is 2.43. The number of hydrogen-bond donors (Lipinski definition) is 2. The third kappa shape index (κ3) is 1.64. The zero-order chi connectivity index (χ0) is 11.8. The van der Waals surface area contributed by atoms with Gasteiger partial charge in [-0.05, 0) is 24.5 Å². The highest BCUT2D eigenvalue weighted by atomic mass is 35.5. The normalized spacial score (nSPS) is 17.9. The van der Waals surface area contributed by atoms with E-state index in [1.54, 1.807) is 0 Å². The van der Waals surface area contributed by atoms with Crippen LogP contribution in [0.4, 0.5) is 0 Å². The second kappa shape index (κ2) is 4.15. The van der Waals surface area contributed by atoms with E-state index in [0.717, 1.165) is 18.4 Å². The molecule has 16 heavy (non-hydrogen) atoms. The first kappa shape index (κ1) is 11.6. The van der Waals surface area contributed by atoms with Crippen LogP contribution in [0.15, 0.2) is 12.1 Å². The molecule has 0 unspecified atom stereocenters. The molecule has 4 heteroatoms. The van der Waals surface area contributed by atoms with E-state index in [9.17, 15) is 5.11 Å². The maximum Gasteiger partial charge on any atom is 0.160 e. The van der Waals surface area contributed by atoms with Gasteiger partial charge in [0.2, 0.25) is 0 Å². The van der Waals surface area contributed by atoms with E-state index in [1.165, 1.54) is 19.6 Å². The van der Waals surface area contributed by atoms with E-state index in [2.05, 4.69) is 0 Å². The molecule has 0 bridgehead atoms. The van der Waals surface area contributed by atoms with Gasteiger partial charge in [0.1, 0.15) is 0 Å². The summed E-state index contributed by atoms with van der Waals surface area (Å²) in [5.74, 6) is 0.530. The zero-order valence-corrected chi connectivity index (χ0v) is 10.0. The van der Waals surface area contributed by atoms with Gasteiger partial charge >= 0.3 is 0 Å². The predicted molar refractivity (Wildman–Crippen MR) is 64.3 cm³/mol. The number of hydrogen-bond acceptors (Lipinski definition) is 3. The van der Waals surface area contributed by atoms with E-state index in [-0.39, 0.29) is 11.2 Å². The smallest absolute Gasteiger partial charge is 0.160 e. The first-order valence-corrected chi connectivity index (χ1v) is 5.78. The van der Waals surface area contributed by atoms with Crippen LogP contribution in [0, 0.1) is 0 Å². The van der Waals surface area contributed by atoms with Crippen LogP contribution in [0.1, 0.15) is 24.8 Å². The average molecular weight is 242 g/mol. The summed E-state index contributed by atoms with van der Waals surface area (Å²) in [5.41, 5.74) is 6.82. The van der Waals surface area contributed by atoms with Gasteiger partial charge in [-0.15, -0.1) is 0 Å². The standard InChI is InChI=1S/C12H16ClNO2/c1-16-11-5-8(9(13)6-10(11)15)12(7-14)3-2-4-12/h5-6,15H,2-4,7,14H2,1H3. The Morgan fingerprint density at radius 3 is 2.62 bits per heavy atom. The second-order valence-corrected chi connectivity index (χ2v) is 4.75. The Bertz CT molecular complexity index is 397. The Labute approximate surface area is 100 Å². The highest BCUT2D eigenvalue weighted by Crippen LogP contribution is 2.48. The lowest BCUT2D eigenvalue weighted by molar-refractivity contribution is 0.251. The van der Waals surface area contributed by atoms with Crippen molar-refractivity contribution in [2.75, 3.05) is 13.7 Å². The first-order valence-electron chi connectivity index (χ1n) is 5.40. The van der Waals surface area contributed by atoms with Gasteiger partial charge in [-0.1, -0.05) is 18.0 Å². The third-order valence-electron chi connectivity index (χ3n) is 3.54. The average Bonchev–Trinajstić information content (AvgIpc) is 2.20. The highest BCUT2D eigenvalue weighted by Gasteiger charge is 2.39. The molecule has 1 saturated carbocycles. The molecule has 1 aromatic carbocycles. The molecule has 1 aliphatic carbocycles. The van der Waals surface area contributed by atoms with Crippen molar-refractivity contribution < 1.29 is 9.84 Å². The van der Waals surface area contributed by atoms with Crippen LogP contribution < -0.4 is 10.5 Å². The number of phenolic OH excluding ortho intramolecular Hbond substituents is 1. The Hall–Kier alpha value is -0.930. The van der Waals surface area contributed by atoms with Crippen molar-refractivity contribution in [1.29, 1.82) is 0 Å². The Balaban J connectivity index is 2.47. The minimum Gasteiger partial charge on any atom is -0.504 e. The number of rotatable bonds is 3. The largest absolute Gasteiger partial charge is 0.504 e. The molecule has 0 spiro atoms. The number of benzene rings is 1. The molecular formula is C12H16ClNO2. The lowest BCUT2D eigenvalue weighted by Gasteiger charge is -2.42. The Morgan fingerprint density at radius 2 is 2.19 bits per heavy atom. The van der Waals surface area contributed by atoms with Crippen molar-refractivity contribution in [3.05, 3.63) is 22.7 Å². The van der Waals surface area contributed by atoms with Crippen LogP contribution in [0.2, 0.25) is 5.02 Å². The van der Waals surface area contributed by atoms with Gasteiger partial charge in [-0.25, -0.2) is 0 Å². The van der Waals surface area contributed by atoms with Crippen molar-refractivity contribution in [1.82, 2.24) is 0 Å².